The summed E-state index contributed by atoms with van der Waals surface area (Å²) in [7, 11) is 0. The van der Waals surface area contributed by atoms with E-state index in [-0.39, 0.29) is 5.54 Å². The Hall–Kier alpha value is -0.570. The quantitative estimate of drug-likeness (QED) is 0.903. The smallest absolute Gasteiger partial charge is 0.0409 e. The number of hydrogen-bond acceptors (Lipinski definition) is 2. The third-order valence-corrected chi connectivity index (χ3v) is 4.29. The van der Waals surface area contributed by atoms with Gasteiger partial charge in [0.05, 0.1) is 0 Å². The molecule has 2 unspecified atom stereocenters. The van der Waals surface area contributed by atoms with Gasteiger partial charge in [0, 0.05) is 36.2 Å². The first-order valence-corrected chi connectivity index (χ1v) is 7.14. The van der Waals surface area contributed by atoms with Crippen molar-refractivity contribution < 1.29 is 0 Å². The van der Waals surface area contributed by atoms with E-state index >= 15 is 0 Å². The third-order valence-electron chi connectivity index (χ3n) is 4.05. The molecule has 1 aromatic carbocycles. The van der Waals surface area contributed by atoms with Crippen LogP contribution in [0.4, 0.5) is 0 Å². The largest absolute Gasteiger partial charge is 0.309 e. The summed E-state index contributed by atoms with van der Waals surface area (Å²) in [6.07, 6.45) is 1.16. The van der Waals surface area contributed by atoms with Crippen molar-refractivity contribution in [1.82, 2.24) is 10.2 Å². The Labute approximate surface area is 115 Å². The van der Waals surface area contributed by atoms with E-state index in [1.165, 1.54) is 5.56 Å². The van der Waals surface area contributed by atoms with Crippen LogP contribution in [-0.2, 0) is 6.54 Å². The molecule has 0 radical (unpaired) electrons. The van der Waals surface area contributed by atoms with Crippen LogP contribution in [0.3, 0.4) is 0 Å². The van der Waals surface area contributed by atoms with E-state index < -0.39 is 0 Å². The van der Waals surface area contributed by atoms with Gasteiger partial charge in [0.2, 0.25) is 0 Å². The van der Waals surface area contributed by atoms with Gasteiger partial charge in [-0.05, 0) is 38.0 Å². The highest BCUT2D eigenvalue weighted by atomic mass is 35.5. The molecule has 0 aliphatic carbocycles. The van der Waals surface area contributed by atoms with Crippen LogP contribution in [0.15, 0.2) is 24.3 Å². The first kappa shape index (κ1) is 13.9. The van der Waals surface area contributed by atoms with Gasteiger partial charge in [0.1, 0.15) is 0 Å². The Bertz CT molecular complexity index is 407. The number of nitrogens with one attached hydrogen (secondary N) is 1. The second-order valence-corrected chi connectivity index (χ2v) is 6.12. The molecule has 2 rings (SSSR count). The van der Waals surface area contributed by atoms with Crippen molar-refractivity contribution in [1.29, 1.82) is 0 Å². The molecule has 1 aliphatic rings. The Morgan fingerprint density at radius 3 is 2.94 bits per heavy atom. The zero-order chi connectivity index (χ0) is 13.2. The maximum atomic E-state index is 6.05. The highest BCUT2D eigenvalue weighted by molar-refractivity contribution is 6.30. The fourth-order valence-corrected chi connectivity index (χ4v) is 2.71. The molecule has 1 N–H and O–H groups in total. The number of rotatable bonds is 3. The number of nitrogens with zero attached hydrogens (tertiary/aromatic N) is 1. The fourth-order valence-electron chi connectivity index (χ4n) is 2.50. The van der Waals surface area contributed by atoms with Crippen LogP contribution in [0.2, 0.25) is 5.02 Å². The molecule has 2 atom stereocenters. The molecule has 0 spiro atoms. The molecule has 2 nitrogen and oxygen atoms in total. The van der Waals surface area contributed by atoms with Gasteiger partial charge in [-0.15, -0.1) is 0 Å². The molecule has 0 saturated carbocycles. The SMILES string of the molecule is CCC1(C)CN(Cc2cccc(Cl)c2)C(C)CN1. The number of halogens is 1. The zero-order valence-corrected chi connectivity index (χ0v) is 12.3. The van der Waals surface area contributed by atoms with Gasteiger partial charge in [-0.1, -0.05) is 30.7 Å². The Kier molecular flexibility index (Phi) is 4.31. The monoisotopic (exact) mass is 266 g/mol. The molecule has 100 valence electrons. The van der Waals surface area contributed by atoms with Crippen molar-refractivity contribution in [3.05, 3.63) is 34.9 Å². The summed E-state index contributed by atoms with van der Waals surface area (Å²) in [5.41, 5.74) is 1.54. The van der Waals surface area contributed by atoms with Crippen LogP contribution >= 0.6 is 11.6 Å². The minimum Gasteiger partial charge on any atom is -0.309 e. The Morgan fingerprint density at radius 2 is 2.28 bits per heavy atom. The van der Waals surface area contributed by atoms with Crippen LogP contribution in [0.5, 0.6) is 0 Å². The normalized spacial score (nSPS) is 29.4. The molecule has 3 heteroatoms. The highest BCUT2D eigenvalue weighted by Gasteiger charge is 2.32. The van der Waals surface area contributed by atoms with Crippen LogP contribution in [0, 0.1) is 0 Å². The first-order valence-electron chi connectivity index (χ1n) is 6.76. The molecule has 1 fully saturated rings. The topological polar surface area (TPSA) is 15.3 Å². The summed E-state index contributed by atoms with van der Waals surface area (Å²) in [6.45, 7) is 9.98. The van der Waals surface area contributed by atoms with Crippen LogP contribution < -0.4 is 5.32 Å². The summed E-state index contributed by atoms with van der Waals surface area (Å²) in [6, 6.07) is 8.76. The fraction of sp³-hybridized carbons (Fsp3) is 0.600. The van der Waals surface area contributed by atoms with Crippen molar-refractivity contribution >= 4 is 11.6 Å². The number of piperazine rings is 1. The highest BCUT2D eigenvalue weighted by Crippen LogP contribution is 2.21. The lowest BCUT2D eigenvalue weighted by Crippen LogP contribution is -2.61. The van der Waals surface area contributed by atoms with Crippen molar-refractivity contribution in [3.63, 3.8) is 0 Å². The zero-order valence-electron chi connectivity index (χ0n) is 11.5. The molecule has 18 heavy (non-hydrogen) atoms. The molecule has 0 aromatic heterocycles. The minimum atomic E-state index is 0.241. The lowest BCUT2D eigenvalue weighted by molar-refractivity contribution is 0.0866. The maximum absolute atomic E-state index is 6.05. The van der Waals surface area contributed by atoms with E-state index in [9.17, 15) is 0 Å². The van der Waals surface area contributed by atoms with Crippen molar-refractivity contribution in [3.8, 4) is 0 Å². The van der Waals surface area contributed by atoms with Gasteiger partial charge in [-0.3, -0.25) is 4.90 Å². The van der Waals surface area contributed by atoms with E-state index in [1.807, 2.05) is 12.1 Å². The second kappa shape index (κ2) is 5.60. The van der Waals surface area contributed by atoms with Gasteiger partial charge in [-0.25, -0.2) is 0 Å². The molecule has 1 saturated heterocycles. The molecular weight excluding hydrogens is 244 g/mol. The van der Waals surface area contributed by atoms with E-state index in [1.54, 1.807) is 0 Å². The van der Waals surface area contributed by atoms with Gasteiger partial charge < -0.3 is 5.32 Å². The molecule has 1 aromatic rings. The number of hydrogen-bond donors (Lipinski definition) is 1. The first-order chi connectivity index (χ1) is 8.52. The van der Waals surface area contributed by atoms with Crippen LogP contribution in [-0.4, -0.2) is 29.6 Å². The van der Waals surface area contributed by atoms with Gasteiger partial charge in [0.15, 0.2) is 0 Å². The lowest BCUT2D eigenvalue weighted by Gasteiger charge is -2.45. The summed E-state index contributed by atoms with van der Waals surface area (Å²) in [5, 5.41) is 4.48. The van der Waals surface area contributed by atoms with E-state index in [0.717, 1.165) is 31.1 Å². The summed E-state index contributed by atoms with van der Waals surface area (Å²) < 4.78 is 0. The van der Waals surface area contributed by atoms with Gasteiger partial charge >= 0.3 is 0 Å². The standard InChI is InChI=1S/C15H23ClN2/c1-4-15(3)11-18(12(2)9-17-15)10-13-6-5-7-14(16)8-13/h5-8,12,17H,4,9-11H2,1-3H3. The van der Waals surface area contributed by atoms with E-state index in [0.29, 0.717) is 6.04 Å². The van der Waals surface area contributed by atoms with Crippen molar-refractivity contribution in [2.24, 2.45) is 0 Å². The predicted molar refractivity (Wildman–Crippen MR) is 78.0 cm³/mol. The average molecular weight is 267 g/mol. The minimum absolute atomic E-state index is 0.241. The van der Waals surface area contributed by atoms with Crippen LogP contribution in [0.25, 0.3) is 0 Å². The Morgan fingerprint density at radius 1 is 1.50 bits per heavy atom. The number of benzene rings is 1. The van der Waals surface area contributed by atoms with E-state index in [2.05, 4.69) is 43.1 Å². The molecule has 1 heterocycles. The van der Waals surface area contributed by atoms with Gasteiger partial charge in [-0.2, -0.15) is 0 Å². The van der Waals surface area contributed by atoms with E-state index in [4.69, 9.17) is 11.6 Å². The van der Waals surface area contributed by atoms with Crippen LogP contribution in [0.1, 0.15) is 32.8 Å². The predicted octanol–water partition coefficient (Wildman–Crippen LogP) is 3.30. The molecule has 0 bridgehead atoms. The van der Waals surface area contributed by atoms with Crippen molar-refractivity contribution in [2.45, 2.75) is 45.3 Å². The molecular formula is C15H23ClN2. The lowest BCUT2D eigenvalue weighted by atomic mass is 9.93. The Balaban J connectivity index is 2.07. The van der Waals surface area contributed by atoms with Crippen molar-refractivity contribution in [2.75, 3.05) is 13.1 Å². The summed E-state index contributed by atoms with van der Waals surface area (Å²) in [5.74, 6) is 0. The third kappa shape index (κ3) is 3.25. The second-order valence-electron chi connectivity index (χ2n) is 5.68. The summed E-state index contributed by atoms with van der Waals surface area (Å²) in [4.78, 5) is 2.55. The molecule has 1 aliphatic heterocycles. The van der Waals surface area contributed by atoms with Gasteiger partial charge in [0.25, 0.3) is 0 Å². The molecule has 0 amide bonds. The summed E-state index contributed by atoms with van der Waals surface area (Å²) >= 11 is 6.05. The maximum Gasteiger partial charge on any atom is 0.0409 e. The average Bonchev–Trinajstić information content (AvgIpc) is 2.34.